The molecule has 3 N–H and O–H groups in total. The molecule has 0 bridgehead atoms. The van der Waals surface area contributed by atoms with E-state index in [-0.39, 0.29) is 5.92 Å². The van der Waals surface area contributed by atoms with Gasteiger partial charge in [0.2, 0.25) is 0 Å². The van der Waals surface area contributed by atoms with Crippen LogP contribution in [0.2, 0.25) is 0 Å². The lowest BCUT2D eigenvalue weighted by Gasteiger charge is -2.38. The fourth-order valence-electron chi connectivity index (χ4n) is 8.23. The molecule has 1 aliphatic carbocycles. The summed E-state index contributed by atoms with van der Waals surface area (Å²) in [7, 11) is 2.21. The van der Waals surface area contributed by atoms with E-state index in [0.29, 0.717) is 34.4 Å². The van der Waals surface area contributed by atoms with Gasteiger partial charge in [-0.05, 0) is 76.4 Å². The van der Waals surface area contributed by atoms with Gasteiger partial charge in [0.05, 0.1) is 12.1 Å². The zero-order valence-corrected chi connectivity index (χ0v) is 27.3. The number of aromatic nitrogens is 5. The average molecular weight is 627 g/mol. The Hall–Kier alpha value is -3.69. The minimum absolute atomic E-state index is 0.0448. The highest BCUT2D eigenvalue weighted by atomic mass is 32.1. The van der Waals surface area contributed by atoms with Gasteiger partial charge in [0.1, 0.15) is 28.0 Å². The van der Waals surface area contributed by atoms with E-state index in [1.54, 1.807) is 11.3 Å². The third-order valence-corrected chi connectivity index (χ3v) is 11.7. The molecule has 11 nitrogen and oxygen atoms in total. The van der Waals surface area contributed by atoms with E-state index >= 15 is 0 Å². The average Bonchev–Trinajstić information content (AvgIpc) is 3.79. The number of nitrogens with two attached hydrogens (primary N) is 1. The van der Waals surface area contributed by atoms with Crippen molar-refractivity contribution in [1.29, 1.82) is 5.26 Å². The predicted molar refractivity (Wildman–Crippen MR) is 177 cm³/mol. The Morgan fingerprint density at radius 1 is 1.18 bits per heavy atom. The van der Waals surface area contributed by atoms with Crippen molar-refractivity contribution in [2.24, 2.45) is 5.92 Å². The molecule has 2 saturated heterocycles. The van der Waals surface area contributed by atoms with E-state index in [0.717, 1.165) is 116 Å². The number of likely N-dealkylation sites (N-methyl/N-ethyl adjacent to an activating group) is 1. The molecule has 0 aromatic carbocycles. The Balaban J connectivity index is 1.27. The second-order valence-electron chi connectivity index (χ2n) is 13.6. The number of hydrogen-bond donors (Lipinski definition) is 2. The number of nitriles is 1. The number of rotatable bonds is 6. The van der Waals surface area contributed by atoms with Crippen molar-refractivity contribution >= 4 is 39.0 Å². The summed E-state index contributed by atoms with van der Waals surface area (Å²) in [4.78, 5) is 16.7. The molecule has 7 heterocycles. The van der Waals surface area contributed by atoms with Crippen molar-refractivity contribution < 1.29 is 4.52 Å². The molecule has 3 unspecified atom stereocenters. The number of piperidine rings is 1. The minimum atomic E-state index is -0.0448. The molecule has 236 valence electrons. The summed E-state index contributed by atoms with van der Waals surface area (Å²) in [6, 6.07) is 3.19. The first-order valence-electron chi connectivity index (χ1n) is 16.7. The van der Waals surface area contributed by atoms with Gasteiger partial charge in [-0.15, -0.1) is 11.3 Å². The van der Waals surface area contributed by atoms with E-state index in [9.17, 15) is 5.26 Å². The number of nitrogen functional groups attached to an aromatic ring is 1. The summed E-state index contributed by atoms with van der Waals surface area (Å²) in [5, 5.41) is 25.2. The van der Waals surface area contributed by atoms with Crippen LogP contribution in [0, 0.1) is 17.2 Å². The maximum atomic E-state index is 10.1. The lowest BCUT2D eigenvalue weighted by molar-refractivity contribution is 0.277. The minimum Gasteiger partial charge on any atom is -0.389 e. The van der Waals surface area contributed by atoms with Crippen LogP contribution in [0.4, 0.5) is 16.6 Å². The quantitative estimate of drug-likeness (QED) is 0.280. The number of hydrogen-bond acceptors (Lipinski definition) is 11. The lowest BCUT2D eigenvalue weighted by atomic mass is 9.81. The molecule has 8 rings (SSSR count). The monoisotopic (exact) mass is 626 g/mol. The number of nitrogens with zero attached hydrogens (tertiary/aromatic N) is 8. The van der Waals surface area contributed by atoms with E-state index in [1.165, 1.54) is 17.7 Å². The van der Waals surface area contributed by atoms with Crippen LogP contribution in [0.1, 0.15) is 92.0 Å². The van der Waals surface area contributed by atoms with Gasteiger partial charge in [-0.1, -0.05) is 25.4 Å². The molecule has 0 spiro atoms. The molecule has 45 heavy (non-hydrogen) atoms. The molecular formula is C33H42N10OS. The summed E-state index contributed by atoms with van der Waals surface area (Å²) < 4.78 is 8.33. The number of likely N-dealkylation sites (tertiary alicyclic amines) is 1. The van der Waals surface area contributed by atoms with E-state index in [2.05, 4.69) is 46.8 Å². The molecule has 4 aromatic rings. The standard InChI is InChI=1S/C33H42N10OS/c1-4-7-24-25(23(14-34)29(35)45-24)21-9-5-10-22-27(40-44-28(21)22)31-37-32-26-30(36-15-19-12-11-18(2)16-42(19)32)39-43(33(26)38-31)17-20-8-6-13-41(20)3/h18-21H,4-13,15-17,35H2,1-3H3,(H,36,39)/t18?,19-,20?,21?/m1/s1. The fraction of sp³-hybridized carbons (Fsp3) is 0.606. The maximum Gasteiger partial charge on any atom is 0.186 e. The van der Waals surface area contributed by atoms with Crippen LogP contribution in [-0.2, 0) is 19.4 Å². The summed E-state index contributed by atoms with van der Waals surface area (Å²) in [6.45, 7) is 8.21. The zero-order valence-electron chi connectivity index (χ0n) is 26.5. The number of thiophene rings is 1. The molecule has 2 fully saturated rings. The van der Waals surface area contributed by atoms with Crippen molar-refractivity contribution in [3.63, 3.8) is 0 Å². The highest BCUT2D eigenvalue weighted by Crippen LogP contribution is 2.47. The predicted octanol–water partition coefficient (Wildman–Crippen LogP) is 5.54. The highest BCUT2D eigenvalue weighted by Gasteiger charge is 2.38. The molecule has 4 aliphatic rings. The van der Waals surface area contributed by atoms with Gasteiger partial charge in [0.15, 0.2) is 23.0 Å². The van der Waals surface area contributed by atoms with Crippen LogP contribution in [-0.4, -0.2) is 68.6 Å². The van der Waals surface area contributed by atoms with Gasteiger partial charge in [0, 0.05) is 41.5 Å². The topological polar surface area (TPSA) is 138 Å². The van der Waals surface area contributed by atoms with Crippen LogP contribution in [0.15, 0.2) is 4.52 Å². The fourth-order valence-corrected chi connectivity index (χ4v) is 9.42. The van der Waals surface area contributed by atoms with Crippen molar-refractivity contribution in [2.75, 3.05) is 42.6 Å². The second kappa shape index (κ2) is 11.3. The summed E-state index contributed by atoms with van der Waals surface area (Å²) in [5.41, 5.74) is 10.6. The Kier molecular flexibility index (Phi) is 7.21. The van der Waals surface area contributed by atoms with Crippen LogP contribution in [0.25, 0.3) is 22.6 Å². The molecule has 0 amide bonds. The van der Waals surface area contributed by atoms with E-state index in [4.69, 9.17) is 30.5 Å². The lowest BCUT2D eigenvalue weighted by Crippen LogP contribution is -2.46. The molecule has 4 atom stereocenters. The molecular weight excluding hydrogens is 584 g/mol. The third-order valence-electron chi connectivity index (χ3n) is 10.6. The van der Waals surface area contributed by atoms with Crippen molar-refractivity contribution in [3.05, 3.63) is 27.3 Å². The maximum absolute atomic E-state index is 10.1. The Morgan fingerprint density at radius 3 is 2.87 bits per heavy atom. The molecule has 4 aromatic heterocycles. The second-order valence-corrected chi connectivity index (χ2v) is 14.7. The third kappa shape index (κ3) is 4.69. The first kappa shape index (κ1) is 28.8. The molecule has 0 radical (unpaired) electrons. The summed E-state index contributed by atoms with van der Waals surface area (Å²) in [6.07, 6.45) is 9.31. The van der Waals surface area contributed by atoms with Crippen LogP contribution < -0.4 is 16.0 Å². The van der Waals surface area contributed by atoms with Gasteiger partial charge in [0.25, 0.3) is 0 Å². The summed E-state index contributed by atoms with van der Waals surface area (Å²) in [5.74, 6) is 3.84. The van der Waals surface area contributed by atoms with Crippen LogP contribution in [0.5, 0.6) is 0 Å². The highest BCUT2D eigenvalue weighted by molar-refractivity contribution is 7.16. The van der Waals surface area contributed by atoms with Crippen LogP contribution in [0.3, 0.4) is 0 Å². The zero-order chi connectivity index (χ0) is 30.8. The molecule has 0 saturated carbocycles. The Bertz CT molecular complexity index is 1800. The Morgan fingerprint density at radius 2 is 2.07 bits per heavy atom. The van der Waals surface area contributed by atoms with Crippen molar-refractivity contribution in [3.8, 4) is 17.6 Å². The van der Waals surface area contributed by atoms with Crippen molar-refractivity contribution in [2.45, 2.75) is 96.2 Å². The number of fused-ring (bicyclic) bond motifs is 3. The Labute approximate surface area is 267 Å². The van der Waals surface area contributed by atoms with Gasteiger partial charge in [-0.25, -0.2) is 14.6 Å². The van der Waals surface area contributed by atoms with Crippen LogP contribution >= 0.6 is 11.3 Å². The van der Waals surface area contributed by atoms with Gasteiger partial charge < -0.3 is 25.4 Å². The first-order chi connectivity index (χ1) is 21.9. The molecule has 3 aliphatic heterocycles. The van der Waals surface area contributed by atoms with E-state index in [1.807, 2.05) is 0 Å². The smallest absolute Gasteiger partial charge is 0.186 e. The number of anilines is 3. The normalized spacial score (nSPS) is 24.7. The van der Waals surface area contributed by atoms with Crippen molar-refractivity contribution in [1.82, 2.24) is 29.8 Å². The van der Waals surface area contributed by atoms with Gasteiger partial charge in [-0.3, -0.25) is 0 Å². The SMILES string of the molecule is CCCc1sc(N)c(C#N)c1C1CCCc2c(-c3nc4c5c(nn(CC6CCCN6C)c5n3)NC[C@H]3CCC(C)CN43)noc21. The number of nitrogens with one attached hydrogen (secondary N) is 1. The number of aryl methyl sites for hydroxylation is 1. The molecule has 12 heteroatoms. The summed E-state index contributed by atoms with van der Waals surface area (Å²) >= 11 is 1.55. The van der Waals surface area contributed by atoms with Gasteiger partial charge in [-0.2, -0.15) is 10.4 Å². The first-order valence-corrected chi connectivity index (χ1v) is 17.6. The largest absolute Gasteiger partial charge is 0.389 e. The van der Waals surface area contributed by atoms with E-state index < -0.39 is 0 Å². The van der Waals surface area contributed by atoms with Gasteiger partial charge >= 0.3 is 0 Å².